The molecule has 3 fully saturated rings. The highest BCUT2D eigenvalue weighted by Gasteiger charge is 2.33. The number of rotatable bonds is 4. The summed E-state index contributed by atoms with van der Waals surface area (Å²) in [6.07, 6.45) is 6.63. The van der Waals surface area contributed by atoms with Gasteiger partial charge in [0.25, 0.3) is 0 Å². The predicted octanol–water partition coefficient (Wildman–Crippen LogP) is 0.722. The normalized spacial score (nSPS) is 33.3. The second-order valence-electron chi connectivity index (χ2n) is 7.25. The van der Waals surface area contributed by atoms with Crippen LogP contribution in [-0.4, -0.2) is 54.3 Å². The topological polar surface area (TPSA) is 77.1 Å². The minimum Gasteiger partial charge on any atom is -0.367 e. The molecule has 0 spiro atoms. The SMILES string of the molecule is CCC1CNCCN1c1nccc(NC2CCC3NNCC3C2)n1. The molecule has 2 aliphatic heterocycles. The van der Waals surface area contributed by atoms with Crippen molar-refractivity contribution in [2.75, 3.05) is 36.4 Å². The number of nitrogens with one attached hydrogen (secondary N) is 4. The molecule has 7 heteroatoms. The van der Waals surface area contributed by atoms with Crippen molar-refractivity contribution in [2.24, 2.45) is 5.92 Å². The summed E-state index contributed by atoms with van der Waals surface area (Å²) in [4.78, 5) is 11.7. The number of aromatic nitrogens is 2. The van der Waals surface area contributed by atoms with E-state index in [0.717, 1.165) is 50.3 Å². The van der Waals surface area contributed by atoms with Crippen LogP contribution in [0.2, 0.25) is 0 Å². The maximum atomic E-state index is 4.82. The van der Waals surface area contributed by atoms with Crippen molar-refractivity contribution in [1.82, 2.24) is 26.1 Å². The fourth-order valence-electron chi connectivity index (χ4n) is 4.30. The number of piperazine rings is 1. The number of hydrogen-bond acceptors (Lipinski definition) is 7. The molecule has 3 heterocycles. The molecule has 4 N–H and O–H groups in total. The van der Waals surface area contributed by atoms with Gasteiger partial charge in [0.1, 0.15) is 5.82 Å². The fraction of sp³-hybridized carbons (Fsp3) is 0.765. The highest BCUT2D eigenvalue weighted by molar-refractivity contribution is 5.43. The molecule has 0 radical (unpaired) electrons. The maximum absolute atomic E-state index is 4.82. The second-order valence-corrected chi connectivity index (χ2v) is 7.25. The van der Waals surface area contributed by atoms with Crippen molar-refractivity contribution in [3.8, 4) is 0 Å². The van der Waals surface area contributed by atoms with Gasteiger partial charge < -0.3 is 15.5 Å². The van der Waals surface area contributed by atoms with Gasteiger partial charge in [-0.1, -0.05) is 6.92 Å². The molecule has 2 saturated heterocycles. The Bertz CT molecular complexity index is 551. The summed E-state index contributed by atoms with van der Waals surface area (Å²) < 4.78 is 0. The van der Waals surface area contributed by atoms with Crippen LogP contribution in [0.5, 0.6) is 0 Å². The summed E-state index contributed by atoms with van der Waals surface area (Å²) in [6, 6.07) is 3.65. The van der Waals surface area contributed by atoms with E-state index in [-0.39, 0.29) is 0 Å². The molecule has 0 bridgehead atoms. The molecule has 24 heavy (non-hydrogen) atoms. The van der Waals surface area contributed by atoms with E-state index < -0.39 is 0 Å². The van der Waals surface area contributed by atoms with E-state index in [1.165, 1.54) is 19.3 Å². The van der Waals surface area contributed by atoms with Gasteiger partial charge in [0, 0.05) is 50.5 Å². The van der Waals surface area contributed by atoms with Crippen LogP contribution >= 0.6 is 0 Å². The van der Waals surface area contributed by atoms with Crippen LogP contribution in [0.4, 0.5) is 11.8 Å². The van der Waals surface area contributed by atoms with Crippen LogP contribution in [0.3, 0.4) is 0 Å². The van der Waals surface area contributed by atoms with Crippen LogP contribution in [0.15, 0.2) is 12.3 Å². The first kappa shape index (κ1) is 16.1. The summed E-state index contributed by atoms with van der Waals surface area (Å²) >= 11 is 0. The van der Waals surface area contributed by atoms with Gasteiger partial charge in [-0.2, -0.15) is 4.98 Å². The smallest absolute Gasteiger partial charge is 0.227 e. The molecule has 0 amide bonds. The highest BCUT2D eigenvalue weighted by Crippen LogP contribution is 2.28. The highest BCUT2D eigenvalue weighted by atomic mass is 15.4. The monoisotopic (exact) mass is 331 g/mol. The minimum atomic E-state index is 0.486. The van der Waals surface area contributed by atoms with Crippen molar-refractivity contribution < 1.29 is 0 Å². The number of nitrogens with zero attached hydrogens (tertiary/aromatic N) is 3. The lowest BCUT2D eigenvalue weighted by Gasteiger charge is -2.36. The van der Waals surface area contributed by atoms with Gasteiger partial charge in [0.15, 0.2) is 0 Å². The third kappa shape index (κ3) is 3.34. The number of anilines is 2. The maximum Gasteiger partial charge on any atom is 0.227 e. The van der Waals surface area contributed by atoms with Gasteiger partial charge in [-0.15, -0.1) is 0 Å². The lowest BCUT2D eigenvalue weighted by Crippen LogP contribution is -2.51. The first-order valence-electron chi connectivity index (χ1n) is 9.39. The molecule has 1 aromatic heterocycles. The molecule has 1 aromatic rings. The first-order valence-corrected chi connectivity index (χ1v) is 9.39. The lowest BCUT2D eigenvalue weighted by atomic mass is 9.83. The summed E-state index contributed by atoms with van der Waals surface area (Å²) in [5, 5.41) is 7.12. The average molecular weight is 331 g/mol. The standard InChI is InChI=1S/C17H29N7/c1-2-14-11-18-7-8-24(14)17-19-6-5-16(22-17)21-13-3-4-15-12(9-13)10-20-23-15/h5-6,12-15,18,20,23H,2-4,7-11H2,1H3,(H,19,21,22). The zero-order chi connectivity index (χ0) is 16.4. The van der Waals surface area contributed by atoms with Crippen molar-refractivity contribution >= 4 is 11.8 Å². The third-order valence-electron chi connectivity index (χ3n) is 5.71. The van der Waals surface area contributed by atoms with E-state index >= 15 is 0 Å². The molecule has 7 nitrogen and oxygen atoms in total. The van der Waals surface area contributed by atoms with Crippen LogP contribution in [0.1, 0.15) is 32.6 Å². The Morgan fingerprint density at radius 3 is 3.21 bits per heavy atom. The van der Waals surface area contributed by atoms with E-state index in [4.69, 9.17) is 4.98 Å². The van der Waals surface area contributed by atoms with Crippen LogP contribution < -0.4 is 26.4 Å². The Kier molecular flexibility index (Phi) is 4.82. The summed E-state index contributed by atoms with van der Waals surface area (Å²) in [5.74, 6) is 2.57. The molecule has 4 unspecified atom stereocenters. The predicted molar refractivity (Wildman–Crippen MR) is 96.0 cm³/mol. The number of hydrazine groups is 1. The van der Waals surface area contributed by atoms with Crippen LogP contribution in [0, 0.1) is 5.92 Å². The van der Waals surface area contributed by atoms with E-state index in [9.17, 15) is 0 Å². The molecule has 132 valence electrons. The number of hydrogen-bond donors (Lipinski definition) is 4. The zero-order valence-corrected chi connectivity index (χ0v) is 14.5. The van der Waals surface area contributed by atoms with Crippen molar-refractivity contribution in [3.63, 3.8) is 0 Å². The fourth-order valence-corrected chi connectivity index (χ4v) is 4.30. The van der Waals surface area contributed by atoms with Crippen molar-refractivity contribution in [3.05, 3.63) is 12.3 Å². The lowest BCUT2D eigenvalue weighted by molar-refractivity contribution is 0.314. The molecule has 1 aliphatic carbocycles. The van der Waals surface area contributed by atoms with Crippen LogP contribution in [0.25, 0.3) is 0 Å². The molecule has 1 saturated carbocycles. The number of fused-ring (bicyclic) bond motifs is 1. The first-order chi connectivity index (χ1) is 11.8. The van der Waals surface area contributed by atoms with Gasteiger partial charge in [-0.05, 0) is 37.7 Å². The van der Waals surface area contributed by atoms with Crippen LogP contribution in [-0.2, 0) is 0 Å². The van der Waals surface area contributed by atoms with Gasteiger partial charge >= 0.3 is 0 Å². The Labute approximate surface area is 144 Å². The minimum absolute atomic E-state index is 0.486. The van der Waals surface area contributed by atoms with Crippen molar-refractivity contribution in [2.45, 2.75) is 50.7 Å². The summed E-state index contributed by atoms with van der Waals surface area (Å²) in [5.41, 5.74) is 6.69. The molecule has 4 atom stereocenters. The molecular weight excluding hydrogens is 302 g/mol. The Balaban J connectivity index is 1.42. The van der Waals surface area contributed by atoms with Gasteiger partial charge in [-0.25, -0.2) is 4.98 Å². The summed E-state index contributed by atoms with van der Waals surface area (Å²) in [6.45, 7) is 6.31. The van der Waals surface area contributed by atoms with Crippen molar-refractivity contribution in [1.29, 1.82) is 0 Å². The van der Waals surface area contributed by atoms with E-state index in [0.29, 0.717) is 18.1 Å². The Hall–Kier alpha value is -1.44. The average Bonchev–Trinajstić information content (AvgIpc) is 3.10. The molecule has 0 aromatic carbocycles. The Morgan fingerprint density at radius 1 is 1.33 bits per heavy atom. The third-order valence-corrected chi connectivity index (χ3v) is 5.71. The van der Waals surface area contributed by atoms with Gasteiger partial charge in [0.2, 0.25) is 5.95 Å². The Morgan fingerprint density at radius 2 is 2.29 bits per heavy atom. The summed E-state index contributed by atoms with van der Waals surface area (Å²) in [7, 11) is 0. The molecular formula is C17H29N7. The van der Waals surface area contributed by atoms with E-state index in [2.05, 4.69) is 38.3 Å². The zero-order valence-electron chi connectivity index (χ0n) is 14.5. The molecule has 3 aliphatic rings. The molecule has 4 rings (SSSR count). The van der Waals surface area contributed by atoms with Gasteiger partial charge in [0.05, 0.1) is 0 Å². The quantitative estimate of drug-likeness (QED) is 0.648. The van der Waals surface area contributed by atoms with E-state index in [1.54, 1.807) is 0 Å². The second kappa shape index (κ2) is 7.21. The van der Waals surface area contributed by atoms with Gasteiger partial charge in [-0.3, -0.25) is 10.9 Å². The largest absolute Gasteiger partial charge is 0.367 e. The van der Waals surface area contributed by atoms with E-state index in [1.807, 2.05) is 12.3 Å².